The molecule has 0 unspecified atom stereocenters. The van der Waals surface area contributed by atoms with Gasteiger partial charge in [0.15, 0.2) is 0 Å². The average Bonchev–Trinajstić information content (AvgIpc) is 2.40. The maximum Gasteiger partial charge on any atom is 0.407 e. The van der Waals surface area contributed by atoms with Crippen LogP contribution < -0.4 is 5.32 Å². The Labute approximate surface area is 112 Å². The Balaban J connectivity index is 1.70. The fourth-order valence-corrected chi connectivity index (χ4v) is 1.97. The highest BCUT2D eigenvalue weighted by Crippen LogP contribution is 2.26. The van der Waals surface area contributed by atoms with Gasteiger partial charge in [0.2, 0.25) is 0 Å². The molecule has 2 rings (SSSR count). The first-order valence-corrected chi connectivity index (χ1v) is 6.25. The largest absolute Gasteiger partial charge is 0.445 e. The van der Waals surface area contributed by atoms with Crippen molar-refractivity contribution in [1.29, 1.82) is 0 Å². The van der Waals surface area contributed by atoms with Crippen LogP contribution in [0.1, 0.15) is 5.56 Å². The first-order chi connectivity index (χ1) is 9.24. The number of alkyl carbamates (subject to hydrolysis) is 1. The summed E-state index contributed by atoms with van der Waals surface area (Å²) in [5.41, 5.74) is 0.872. The molecule has 0 bridgehead atoms. The van der Waals surface area contributed by atoms with Crippen LogP contribution in [0.25, 0.3) is 0 Å². The molecule has 1 aliphatic heterocycles. The summed E-state index contributed by atoms with van der Waals surface area (Å²) in [5, 5.41) is 2.76. The average molecular weight is 265 g/mol. The highest BCUT2D eigenvalue weighted by atomic mass is 16.5. The second-order valence-corrected chi connectivity index (χ2v) is 4.84. The van der Waals surface area contributed by atoms with E-state index in [1.165, 1.54) is 0 Å². The fraction of sp³-hybridized carbons (Fsp3) is 0.500. The van der Waals surface area contributed by atoms with Gasteiger partial charge in [0.1, 0.15) is 6.61 Å². The van der Waals surface area contributed by atoms with Crippen molar-refractivity contribution in [3.63, 3.8) is 0 Å². The van der Waals surface area contributed by atoms with Crippen molar-refractivity contribution in [3.05, 3.63) is 35.9 Å². The van der Waals surface area contributed by atoms with Gasteiger partial charge in [0.25, 0.3) is 0 Å². The van der Waals surface area contributed by atoms with Crippen molar-refractivity contribution < 1.29 is 19.0 Å². The van der Waals surface area contributed by atoms with Gasteiger partial charge in [-0.25, -0.2) is 4.79 Å². The van der Waals surface area contributed by atoms with Gasteiger partial charge < -0.3 is 19.5 Å². The Hall–Kier alpha value is -1.59. The van der Waals surface area contributed by atoms with E-state index in [1.54, 1.807) is 7.11 Å². The minimum absolute atomic E-state index is 0.0967. The van der Waals surface area contributed by atoms with Gasteiger partial charge in [-0.1, -0.05) is 30.3 Å². The van der Waals surface area contributed by atoms with Crippen LogP contribution in [-0.4, -0.2) is 39.6 Å². The van der Waals surface area contributed by atoms with Gasteiger partial charge in [0, 0.05) is 13.7 Å². The number of rotatable bonds is 6. The van der Waals surface area contributed by atoms with Crippen LogP contribution in [0.5, 0.6) is 0 Å². The minimum Gasteiger partial charge on any atom is -0.445 e. The summed E-state index contributed by atoms with van der Waals surface area (Å²) >= 11 is 0. The van der Waals surface area contributed by atoms with Crippen LogP contribution in [0, 0.1) is 5.41 Å². The third-order valence-corrected chi connectivity index (χ3v) is 3.09. The van der Waals surface area contributed by atoms with Gasteiger partial charge in [-0.05, 0) is 5.56 Å². The number of carbonyl (C=O) groups is 1. The van der Waals surface area contributed by atoms with E-state index in [9.17, 15) is 4.79 Å². The highest BCUT2D eigenvalue weighted by molar-refractivity contribution is 5.67. The molecule has 0 spiro atoms. The van der Waals surface area contributed by atoms with E-state index >= 15 is 0 Å². The topological polar surface area (TPSA) is 56.8 Å². The Morgan fingerprint density at radius 1 is 1.37 bits per heavy atom. The van der Waals surface area contributed by atoms with E-state index in [4.69, 9.17) is 14.2 Å². The molecule has 19 heavy (non-hydrogen) atoms. The molecule has 0 radical (unpaired) electrons. The summed E-state index contributed by atoms with van der Waals surface area (Å²) in [5.74, 6) is 0. The summed E-state index contributed by atoms with van der Waals surface area (Å²) in [4.78, 5) is 11.6. The number of hydrogen-bond acceptors (Lipinski definition) is 4. The van der Waals surface area contributed by atoms with E-state index in [2.05, 4.69) is 5.32 Å². The zero-order valence-electron chi connectivity index (χ0n) is 11.1. The monoisotopic (exact) mass is 265 g/mol. The van der Waals surface area contributed by atoms with Crippen molar-refractivity contribution in [3.8, 4) is 0 Å². The van der Waals surface area contributed by atoms with Crippen LogP contribution >= 0.6 is 0 Å². The summed E-state index contributed by atoms with van der Waals surface area (Å²) in [7, 11) is 1.65. The smallest absolute Gasteiger partial charge is 0.407 e. The first kappa shape index (κ1) is 13.8. The Morgan fingerprint density at radius 3 is 2.68 bits per heavy atom. The molecule has 0 atom stereocenters. The van der Waals surface area contributed by atoms with Gasteiger partial charge in [0.05, 0.1) is 25.2 Å². The number of amides is 1. The minimum atomic E-state index is -0.411. The zero-order chi connectivity index (χ0) is 13.6. The van der Waals surface area contributed by atoms with Crippen molar-refractivity contribution in [2.24, 2.45) is 5.41 Å². The molecule has 0 aliphatic carbocycles. The van der Waals surface area contributed by atoms with E-state index in [0.29, 0.717) is 26.4 Å². The summed E-state index contributed by atoms with van der Waals surface area (Å²) in [6.45, 7) is 2.58. The van der Waals surface area contributed by atoms with E-state index in [1.807, 2.05) is 30.3 Å². The fourth-order valence-electron chi connectivity index (χ4n) is 1.97. The second kappa shape index (κ2) is 6.54. The Bertz CT molecular complexity index is 403. The predicted octanol–water partition coefficient (Wildman–Crippen LogP) is 1.58. The third-order valence-electron chi connectivity index (χ3n) is 3.09. The maximum atomic E-state index is 11.6. The van der Waals surface area contributed by atoms with Crippen molar-refractivity contribution >= 4 is 6.09 Å². The lowest BCUT2D eigenvalue weighted by atomic mass is 9.87. The molecule has 1 fully saturated rings. The molecule has 1 saturated heterocycles. The van der Waals surface area contributed by atoms with E-state index in [-0.39, 0.29) is 12.0 Å². The molecule has 104 valence electrons. The molecular formula is C14H19NO4. The zero-order valence-corrected chi connectivity index (χ0v) is 11.1. The van der Waals surface area contributed by atoms with Crippen molar-refractivity contribution in [2.75, 3.05) is 33.5 Å². The van der Waals surface area contributed by atoms with Gasteiger partial charge >= 0.3 is 6.09 Å². The molecular weight excluding hydrogens is 246 g/mol. The van der Waals surface area contributed by atoms with Gasteiger partial charge in [-0.15, -0.1) is 0 Å². The lowest BCUT2D eigenvalue weighted by Crippen LogP contribution is -2.53. The second-order valence-electron chi connectivity index (χ2n) is 4.84. The van der Waals surface area contributed by atoms with Crippen molar-refractivity contribution in [2.45, 2.75) is 6.61 Å². The van der Waals surface area contributed by atoms with Crippen LogP contribution in [0.4, 0.5) is 4.79 Å². The van der Waals surface area contributed by atoms with Crippen LogP contribution in [0.15, 0.2) is 30.3 Å². The standard InChI is InChI=1S/C14H19NO4/c1-17-9-14(10-18-11-14)8-15-13(16)19-7-12-5-3-2-4-6-12/h2-6H,7-11H2,1H3,(H,15,16). The molecule has 1 aromatic carbocycles. The SMILES string of the molecule is COCC1(CNC(=O)OCc2ccccc2)COC1. The van der Waals surface area contributed by atoms with Crippen LogP contribution in [0.2, 0.25) is 0 Å². The molecule has 0 aromatic heterocycles. The predicted molar refractivity (Wildman–Crippen MR) is 69.8 cm³/mol. The van der Waals surface area contributed by atoms with E-state index in [0.717, 1.165) is 5.56 Å². The molecule has 1 aromatic rings. The number of carbonyl (C=O) groups excluding carboxylic acids is 1. The lowest BCUT2D eigenvalue weighted by Gasteiger charge is -2.40. The molecule has 0 saturated carbocycles. The summed E-state index contributed by atoms with van der Waals surface area (Å²) in [6, 6.07) is 9.58. The molecule has 1 aliphatic rings. The molecule has 1 N–H and O–H groups in total. The third kappa shape index (κ3) is 3.94. The van der Waals surface area contributed by atoms with Crippen molar-refractivity contribution in [1.82, 2.24) is 5.32 Å². The number of hydrogen-bond donors (Lipinski definition) is 1. The molecule has 5 heteroatoms. The van der Waals surface area contributed by atoms with E-state index < -0.39 is 6.09 Å². The van der Waals surface area contributed by atoms with Crippen LogP contribution in [0.3, 0.4) is 0 Å². The molecule has 1 heterocycles. The number of benzene rings is 1. The van der Waals surface area contributed by atoms with Gasteiger partial charge in [-0.3, -0.25) is 0 Å². The summed E-state index contributed by atoms with van der Waals surface area (Å²) < 4.78 is 15.5. The highest BCUT2D eigenvalue weighted by Gasteiger charge is 2.39. The Morgan fingerprint density at radius 2 is 2.11 bits per heavy atom. The van der Waals surface area contributed by atoms with Gasteiger partial charge in [-0.2, -0.15) is 0 Å². The number of nitrogens with one attached hydrogen (secondary N) is 1. The number of methoxy groups -OCH3 is 1. The summed E-state index contributed by atoms with van der Waals surface area (Å²) in [6.07, 6.45) is -0.411. The molecule has 5 nitrogen and oxygen atoms in total. The lowest BCUT2D eigenvalue weighted by molar-refractivity contribution is -0.139. The molecule has 1 amide bonds. The van der Waals surface area contributed by atoms with Crippen LogP contribution in [-0.2, 0) is 20.8 Å². The Kier molecular flexibility index (Phi) is 4.76. The number of ether oxygens (including phenoxy) is 3. The normalized spacial score (nSPS) is 16.5. The first-order valence-electron chi connectivity index (χ1n) is 6.25. The quantitative estimate of drug-likeness (QED) is 0.848. The maximum absolute atomic E-state index is 11.6.